The molecule has 8 heavy (non-hydrogen) atoms. The molecule has 0 N–H and O–H groups in total. The number of allylic oxidation sites excluding steroid dienone is 1. The summed E-state index contributed by atoms with van der Waals surface area (Å²) in [6.07, 6.45) is 5.42. The number of hydrogen-bond acceptors (Lipinski definition) is 1. The van der Waals surface area contributed by atoms with Gasteiger partial charge in [-0.3, -0.25) is 0 Å². The SMILES string of the molecule is C=CCB1CCCO1. The summed E-state index contributed by atoms with van der Waals surface area (Å²) in [7, 11) is 0. The van der Waals surface area contributed by atoms with E-state index in [4.69, 9.17) is 4.65 Å². The van der Waals surface area contributed by atoms with E-state index < -0.39 is 0 Å². The van der Waals surface area contributed by atoms with Crippen molar-refractivity contribution in [3.8, 4) is 0 Å². The van der Waals surface area contributed by atoms with Crippen LogP contribution in [0, 0.1) is 0 Å². The standard InChI is InChI=1S/C6H11BO/c1-2-4-7-5-3-6-8-7/h2H,1,3-6H2. The highest BCUT2D eigenvalue weighted by Crippen LogP contribution is 2.12. The van der Waals surface area contributed by atoms with Crippen LogP contribution >= 0.6 is 0 Å². The van der Waals surface area contributed by atoms with Gasteiger partial charge in [0, 0.05) is 6.61 Å². The molecule has 0 unspecified atom stereocenters. The molecule has 0 saturated carbocycles. The van der Waals surface area contributed by atoms with Gasteiger partial charge in [0.15, 0.2) is 0 Å². The molecule has 0 spiro atoms. The summed E-state index contributed by atoms with van der Waals surface area (Å²) in [5.41, 5.74) is 0. The Morgan fingerprint density at radius 2 is 2.62 bits per heavy atom. The van der Waals surface area contributed by atoms with Crippen LogP contribution in [0.5, 0.6) is 0 Å². The van der Waals surface area contributed by atoms with Crippen LogP contribution in [-0.4, -0.2) is 13.5 Å². The quantitative estimate of drug-likeness (QED) is 0.387. The molecule has 0 atom stereocenters. The van der Waals surface area contributed by atoms with Crippen molar-refractivity contribution in [2.24, 2.45) is 0 Å². The summed E-state index contributed by atoms with van der Waals surface area (Å²) in [6, 6.07) is 0. The highest BCUT2D eigenvalue weighted by molar-refractivity contribution is 6.52. The van der Waals surface area contributed by atoms with E-state index in [1.54, 1.807) is 0 Å². The molecule has 1 rings (SSSR count). The van der Waals surface area contributed by atoms with Gasteiger partial charge in [0.25, 0.3) is 6.92 Å². The van der Waals surface area contributed by atoms with Crippen molar-refractivity contribution < 1.29 is 4.65 Å². The first-order valence-electron chi connectivity index (χ1n) is 3.16. The maximum atomic E-state index is 5.32. The third-order valence-electron chi connectivity index (χ3n) is 1.45. The third kappa shape index (κ3) is 1.37. The Bertz CT molecular complexity index is 76.6. The summed E-state index contributed by atoms with van der Waals surface area (Å²) in [5, 5.41) is 0. The lowest BCUT2D eigenvalue weighted by atomic mass is 9.63. The number of hydrogen-bond donors (Lipinski definition) is 0. The predicted molar refractivity (Wildman–Crippen MR) is 36.1 cm³/mol. The zero-order chi connectivity index (χ0) is 5.82. The van der Waals surface area contributed by atoms with Crippen molar-refractivity contribution in [1.29, 1.82) is 0 Å². The Morgan fingerprint density at radius 1 is 1.75 bits per heavy atom. The van der Waals surface area contributed by atoms with Gasteiger partial charge in [-0.15, -0.1) is 6.58 Å². The fraction of sp³-hybridized carbons (Fsp3) is 0.667. The topological polar surface area (TPSA) is 9.23 Å². The van der Waals surface area contributed by atoms with Crippen LogP contribution in [0.1, 0.15) is 6.42 Å². The van der Waals surface area contributed by atoms with Crippen LogP contribution < -0.4 is 0 Å². The maximum Gasteiger partial charge on any atom is 0.296 e. The summed E-state index contributed by atoms with van der Waals surface area (Å²) in [6.45, 7) is 5.09. The minimum absolute atomic E-state index is 0.493. The lowest BCUT2D eigenvalue weighted by Gasteiger charge is -1.96. The van der Waals surface area contributed by atoms with E-state index in [9.17, 15) is 0 Å². The molecule has 2 heteroatoms. The van der Waals surface area contributed by atoms with Gasteiger partial charge in [-0.1, -0.05) is 6.08 Å². The van der Waals surface area contributed by atoms with Crippen LogP contribution in [0.3, 0.4) is 0 Å². The Balaban J connectivity index is 2.14. The molecule has 0 amide bonds. The second kappa shape index (κ2) is 2.93. The van der Waals surface area contributed by atoms with Crippen molar-refractivity contribution in [1.82, 2.24) is 0 Å². The molecule has 1 aliphatic rings. The molecule has 1 nitrogen and oxygen atoms in total. The highest BCUT2D eigenvalue weighted by atomic mass is 16.4. The van der Waals surface area contributed by atoms with Crippen molar-refractivity contribution in [2.45, 2.75) is 19.1 Å². The Hall–Kier alpha value is -0.235. The predicted octanol–water partition coefficient (Wildman–Crippen LogP) is 1.58. The summed E-state index contributed by atoms with van der Waals surface area (Å²) < 4.78 is 5.32. The summed E-state index contributed by atoms with van der Waals surface area (Å²) in [5.74, 6) is 0. The smallest absolute Gasteiger partial charge is 0.296 e. The second-order valence-corrected chi connectivity index (χ2v) is 2.16. The average Bonchev–Trinajstić information content (AvgIpc) is 2.19. The molecule has 44 valence electrons. The van der Waals surface area contributed by atoms with Crippen molar-refractivity contribution in [3.63, 3.8) is 0 Å². The van der Waals surface area contributed by atoms with E-state index in [0.717, 1.165) is 12.9 Å². The van der Waals surface area contributed by atoms with Gasteiger partial charge in [-0.25, -0.2) is 0 Å². The third-order valence-corrected chi connectivity index (χ3v) is 1.45. The molecular formula is C6H11BO. The number of rotatable bonds is 2. The van der Waals surface area contributed by atoms with Gasteiger partial charge >= 0.3 is 0 Å². The van der Waals surface area contributed by atoms with Crippen LogP contribution in [0.2, 0.25) is 12.6 Å². The summed E-state index contributed by atoms with van der Waals surface area (Å²) >= 11 is 0. The molecule has 1 fully saturated rings. The zero-order valence-electron chi connectivity index (χ0n) is 5.10. The molecule has 1 aliphatic heterocycles. The fourth-order valence-electron chi connectivity index (χ4n) is 1.02. The van der Waals surface area contributed by atoms with Crippen LogP contribution in [0.25, 0.3) is 0 Å². The van der Waals surface area contributed by atoms with E-state index in [0.29, 0.717) is 6.92 Å². The first-order chi connectivity index (χ1) is 3.93. The van der Waals surface area contributed by atoms with E-state index >= 15 is 0 Å². The molecule has 0 aromatic rings. The molecule has 0 radical (unpaired) electrons. The van der Waals surface area contributed by atoms with Crippen molar-refractivity contribution in [2.75, 3.05) is 6.61 Å². The van der Waals surface area contributed by atoms with Crippen LogP contribution in [0.15, 0.2) is 12.7 Å². The summed E-state index contributed by atoms with van der Waals surface area (Å²) in [4.78, 5) is 0. The lowest BCUT2D eigenvalue weighted by molar-refractivity contribution is 0.361. The van der Waals surface area contributed by atoms with E-state index in [2.05, 4.69) is 6.58 Å². The molecule has 0 aromatic carbocycles. The molecule has 0 bridgehead atoms. The fourth-order valence-corrected chi connectivity index (χ4v) is 1.02. The average molecular weight is 110 g/mol. The van der Waals surface area contributed by atoms with Gasteiger partial charge in [-0.05, 0) is 19.1 Å². The van der Waals surface area contributed by atoms with Crippen LogP contribution in [-0.2, 0) is 4.65 Å². The van der Waals surface area contributed by atoms with Gasteiger partial charge in [0.05, 0.1) is 0 Å². The van der Waals surface area contributed by atoms with E-state index in [-0.39, 0.29) is 0 Å². The normalized spacial score (nSPS) is 19.2. The van der Waals surface area contributed by atoms with Gasteiger partial charge in [-0.2, -0.15) is 0 Å². The van der Waals surface area contributed by atoms with Gasteiger partial charge in [0.2, 0.25) is 0 Å². The lowest BCUT2D eigenvalue weighted by Crippen LogP contribution is -2.07. The zero-order valence-corrected chi connectivity index (χ0v) is 5.10. The Labute approximate surface area is 50.8 Å². The molecule has 0 aliphatic carbocycles. The van der Waals surface area contributed by atoms with E-state index in [1.165, 1.54) is 12.7 Å². The molecule has 1 saturated heterocycles. The van der Waals surface area contributed by atoms with Gasteiger partial charge < -0.3 is 4.65 Å². The first-order valence-corrected chi connectivity index (χ1v) is 3.16. The minimum atomic E-state index is 0.493. The molecule has 0 aromatic heterocycles. The molecule has 1 heterocycles. The first kappa shape index (κ1) is 5.89. The Kier molecular flexibility index (Phi) is 2.16. The second-order valence-electron chi connectivity index (χ2n) is 2.16. The minimum Gasteiger partial charge on any atom is -0.436 e. The maximum absolute atomic E-state index is 5.32. The van der Waals surface area contributed by atoms with Crippen LogP contribution in [0.4, 0.5) is 0 Å². The van der Waals surface area contributed by atoms with Crippen molar-refractivity contribution >= 4 is 6.92 Å². The van der Waals surface area contributed by atoms with Gasteiger partial charge in [0.1, 0.15) is 0 Å². The largest absolute Gasteiger partial charge is 0.436 e. The van der Waals surface area contributed by atoms with E-state index in [1.807, 2.05) is 6.08 Å². The van der Waals surface area contributed by atoms with Crippen molar-refractivity contribution in [3.05, 3.63) is 12.7 Å². The Morgan fingerprint density at radius 3 is 3.12 bits per heavy atom. The monoisotopic (exact) mass is 110 g/mol. The highest BCUT2D eigenvalue weighted by Gasteiger charge is 2.18. The molecular weight excluding hydrogens is 98.9 g/mol.